The molecule has 3 nitrogen and oxygen atoms in total. The van der Waals surface area contributed by atoms with Gasteiger partial charge in [0.05, 0.1) is 5.69 Å². The smallest absolute Gasteiger partial charge is 0.266 e. The van der Waals surface area contributed by atoms with Crippen molar-refractivity contribution in [2.24, 2.45) is 0 Å². The van der Waals surface area contributed by atoms with Crippen LogP contribution in [-0.4, -0.2) is 23.9 Å². The van der Waals surface area contributed by atoms with Gasteiger partial charge in [0.15, 0.2) is 0 Å². The maximum absolute atomic E-state index is 12.3. The van der Waals surface area contributed by atoms with E-state index >= 15 is 0 Å². The second-order valence-corrected chi connectivity index (χ2v) is 5.37. The summed E-state index contributed by atoms with van der Waals surface area (Å²) < 4.78 is 1.09. The van der Waals surface area contributed by atoms with Gasteiger partial charge < -0.3 is 10.6 Å². The number of nitrogens with two attached hydrogens (primary N) is 1. The Morgan fingerprint density at radius 1 is 1.33 bits per heavy atom. The fourth-order valence-corrected chi connectivity index (χ4v) is 3.23. The molecule has 2 aromatic rings. The molecule has 0 saturated heterocycles. The Bertz CT molecular complexity index is 585. The summed E-state index contributed by atoms with van der Waals surface area (Å²) in [5.41, 5.74) is 7.90. The third-order valence-electron chi connectivity index (χ3n) is 3.13. The fourth-order valence-electron chi connectivity index (χ4n) is 2.04. The van der Waals surface area contributed by atoms with Crippen LogP contribution in [0.1, 0.15) is 29.1 Å². The molecular formula is C14H18N2OS. The minimum atomic E-state index is 0.0383. The number of carbonyl (C=O) groups excluding carboxylic acids is 1. The number of fused-ring (bicyclic) bond motifs is 1. The second kappa shape index (κ2) is 4.98. The summed E-state index contributed by atoms with van der Waals surface area (Å²) in [7, 11) is 0. The van der Waals surface area contributed by atoms with E-state index in [4.69, 9.17) is 5.73 Å². The van der Waals surface area contributed by atoms with Crippen molar-refractivity contribution in [2.45, 2.75) is 20.8 Å². The standard InChI is InChI=1S/C14H18N2OS/c1-4-16(5-2)14(17)13-12(15)10-7-6-9(3)8-11(10)18-13/h6-8H,4-5,15H2,1-3H3. The van der Waals surface area contributed by atoms with E-state index in [1.807, 2.05) is 32.9 Å². The van der Waals surface area contributed by atoms with Gasteiger partial charge in [0, 0.05) is 23.2 Å². The summed E-state index contributed by atoms with van der Waals surface area (Å²) in [6, 6.07) is 6.10. The normalized spacial score (nSPS) is 10.8. The number of nitrogen functional groups attached to an aromatic ring is 1. The summed E-state index contributed by atoms with van der Waals surface area (Å²) in [4.78, 5) is 14.8. The highest BCUT2D eigenvalue weighted by molar-refractivity contribution is 7.21. The molecular weight excluding hydrogens is 244 g/mol. The van der Waals surface area contributed by atoms with Gasteiger partial charge in [0.25, 0.3) is 5.91 Å². The number of aryl methyl sites for hydroxylation is 1. The molecule has 1 heterocycles. The van der Waals surface area contributed by atoms with Gasteiger partial charge in [-0.25, -0.2) is 0 Å². The first-order chi connectivity index (χ1) is 8.58. The van der Waals surface area contributed by atoms with Crippen LogP contribution in [0.25, 0.3) is 10.1 Å². The maximum Gasteiger partial charge on any atom is 0.266 e. The third-order valence-corrected chi connectivity index (χ3v) is 4.29. The number of rotatable bonds is 3. The van der Waals surface area contributed by atoms with Crippen LogP contribution in [0.5, 0.6) is 0 Å². The quantitative estimate of drug-likeness (QED) is 0.922. The predicted octanol–water partition coefficient (Wildman–Crippen LogP) is 3.27. The van der Waals surface area contributed by atoms with Gasteiger partial charge in [-0.2, -0.15) is 0 Å². The van der Waals surface area contributed by atoms with Gasteiger partial charge in [-0.1, -0.05) is 12.1 Å². The zero-order valence-corrected chi connectivity index (χ0v) is 11.8. The Hall–Kier alpha value is -1.55. The monoisotopic (exact) mass is 262 g/mol. The van der Waals surface area contributed by atoms with Crippen molar-refractivity contribution >= 4 is 33.0 Å². The SMILES string of the molecule is CCN(CC)C(=O)c1sc2cc(C)ccc2c1N. The van der Waals surface area contributed by atoms with Gasteiger partial charge in [-0.05, 0) is 32.4 Å². The highest BCUT2D eigenvalue weighted by atomic mass is 32.1. The number of anilines is 1. The Morgan fingerprint density at radius 2 is 2.00 bits per heavy atom. The van der Waals surface area contributed by atoms with E-state index in [1.165, 1.54) is 16.9 Å². The number of thiophene rings is 1. The van der Waals surface area contributed by atoms with Crippen molar-refractivity contribution in [1.29, 1.82) is 0 Å². The Morgan fingerprint density at radius 3 is 2.61 bits per heavy atom. The molecule has 2 rings (SSSR count). The fraction of sp³-hybridized carbons (Fsp3) is 0.357. The van der Waals surface area contributed by atoms with Crippen molar-refractivity contribution in [1.82, 2.24) is 4.90 Å². The van der Waals surface area contributed by atoms with Crippen molar-refractivity contribution in [3.8, 4) is 0 Å². The van der Waals surface area contributed by atoms with Crippen LogP contribution in [0, 0.1) is 6.92 Å². The first-order valence-corrected chi connectivity index (χ1v) is 6.98. The lowest BCUT2D eigenvalue weighted by Crippen LogP contribution is -2.30. The molecule has 0 aliphatic rings. The summed E-state index contributed by atoms with van der Waals surface area (Å²) in [6.45, 7) is 7.43. The molecule has 2 N–H and O–H groups in total. The van der Waals surface area contributed by atoms with Crippen LogP contribution >= 0.6 is 11.3 Å². The van der Waals surface area contributed by atoms with Gasteiger partial charge in [-0.3, -0.25) is 4.79 Å². The summed E-state index contributed by atoms with van der Waals surface area (Å²) in [6.07, 6.45) is 0. The number of benzene rings is 1. The first kappa shape index (κ1) is 12.9. The van der Waals surface area contributed by atoms with E-state index in [9.17, 15) is 4.79 Å². The van der Waals surface area contributed by atoms with Crippen molar-refractivity contribution in [2.75, 3.05) is 18.8 Å². The topological polar surface area (TPSA) is 46.3 Å². The Labute approximate surface area is 111 Å². The van der Waals surface area contributed by atoms with Gasteiger partial charge in [0.2, 0.25) is 0 Å². The van der Waals surface area contributed by atoms with Crippen LogP contribution in [0.15, 0.2) is 18.2 Å². The number of carbonyl (C=O) groups is 1. The van der Waals surface area contributed by atoms with Crippen LogP contribution in [-0.2, 0) is 0 Å². The summed E-state index contributed by atoms with van der Waals surface area (Å²) in [5.74, 6) is 0.0383. The van der Waals surface area contributed by atoms with Crippen molar-refractivity contribution in [3.05, 3.63) is 28.6 Å². The van der Waals surface area contributed by atoms with Crippen LogP contribution < -0.4 is 5.73 Å². The maximum atomic E-state index is 12.3. The third kappa shape index (κ3) is 2.08. The van der Waals surface area contributed by atoms with E-state index in [2.05, 4.69) is 6.07 Å². The van der Waals surface area contributed by atoms with E-state index in [0.29, 0.717) is 23.7 Å². The second-order valence-electron chi connectivity index (χ2n) is 4.32. The van der Waals surface area contributed by atoms with Crippen molar-refractivity contribution < 1.29 is 4.79 Å². The Kier molecular flexibility index (Phi) is 3.57. The minimum absolute atomic E-state index is 0.0383. The van der Waals surface area contributed by atoms with Crippen LogP contribution in [0.3, 0.4) is 0 Å². The molecule has 0 unspecified atom stereocenters. The van der Waals surface area contributed by atoms with Crippen LogP contribution in [0.2, 0.25) is 0 Å². The molecule has 0 aliphatic heterocycles. The lowest BCUT2D eigenvalue weighted by molar-refractivity contribution is 0.0779. The average Bonchev–Trinajstić information content (AvgIpc) is 2.67. The molecule has 1 aromatic carbocycles. The Balaban J connectivity index is 2.51. The molecule has 0 fully saturated rings. The molecule has 0 atom stereocenters. The van der Waals surface area contributed by atoms with E-state index in [0.717, 1.165) is 10.1 Å². The molecule has 96 valence electrons. The molecule has 1 amide bonds. The molecule has 18 heavy (non-hydrogen) atoms. The van der Waals surface area contributed by atoms with E-state index in [-0.39, 0.29) is 5.91 Å². The number of hydrogen-bond acceptors (Lipinski definition) is 3. The van der Waals surface area contributed by atoms with Crippen molar-refractivity contribution in [3.63, 3.8) is 0 Å². The molecule has 1 aromatic heterocycles. The average molecular weight is 262 g/mol. The zero-order chi connectivity index (χ0) is 13.3. The zero-order valence-electron chi connectivity index (χ0n) is 11.0. The highest BCUT2D eigenvalue weighted by Gasteiger charge is 2.20. The molecule has 4 heteroatoms. The summed E-state index contributed by atoms with van der Waals surface area (Å²) in [5, 5.41) is 0.987. The highest BCUT2D eigenvalue weighted by Crippen LogP contribution is 2.34. The molecule has 0 bridgehead atoms. The number of amides is 1. The molecule has 0 spiro atoms. The number of hydrogen-bond donors (Lipinski definition) is 1. The van der Waals surface area contributed by atoms with Gasteiger partial charge in [0.1, 0.15) is 4.88 Å². The first-order valence-electron chi connectivity index (χ1n) is 6.16. The molecule has 0 radical (unpaired) electrons. The molecule has 0 saturated carbocycles. The van der Waals surface area contributed by atoms with Crippen LogP contribution in [0.4, 0.5) is 5.69 Å². The summed E-state index contributed by atoms with van der Waals surface area (Å²) >= 11 is 1.49. The molecule has 0 aliphatic carbocycles. The van der Waals surface area contributed by atoms with Gasteiger partial charge >= 0.3 is 0 Å². The lowest BCUT2D eigenvalue weighted by atomic mass is 10.1. The van der Waals surface area contributed by atoms with E-state index < -0.39 is 0 Å². The van der Waals surface area contributed by atoms with Gasteiger partial charge in [-0.15, -0.1) is 11.3 Å². The number of nitrogens with zero attached hydrogens (tertiary/aromatic N) is 1. The lowest BCUT2D eigenvalue weighted by Gasteiger charge is -2.17. The minimum Gasteiger partial charge on any atom is -0.397 e. The predicted molar refractivity (Wildman–Crippen MR) is 78.2 cm³/mol. The van der Waals surface area contributed by atoms with E-state index in [1.54, 1.807) is 4.90 Å². The largest absolute Gasteiger partial charge is 0.397 e.